The Morgan fingerprint density at radius 1 is 0.107 bits per heavy atom. The maximum absolute atomic E-state index is 4.71. The van der Waals surface area contributed by atoms with Crippen LogP contribution in [0.15, 0.2) is 340 Å². The van der Waals surface area contributed by atoms with Gasteiger partial charge in [-0.2, -0.15) is 0 Å². The van der Waals surface area contributed by atoms with Crippen LogP contribution < -0.4 is 39.9 Å². The van der Waals surface area contributed by atoms with E-state index in [9.17, 15) is 0 Å². The van der Waals surface area contributed by atoms with Crippen molar-refractivity contribution in [2.75, 3.05) is 0 Å². The average molecular weight is 2180 g/mol. The summed E-state index contributed by atoms with van der Waals surface area (Å²) in [6.45, 7) is 0. The van der Waals surface area contributed by atoms with Gasteiger partial charge in [-0.05, 0) is 183 Å². The maximum atomic E-state index is 4.71. The molecule has 20 heterocycles. The molecule has 0 spiro atoms. The molecule has 673 valence electrons. The van der Waals surface area contributed by atoms with E-state index in [1.807, 2.05) is 340 Å². The van der Waals surface area contributed by atoms with Crippen LogP contribution in [0.2, 0.25) is 0 Å². The third-order valence-corrected chi connectivity index (χ3v) is 22.3. The monoisotopic (exact) mass is 2170 g/mol. The van der Waals surface area contributed by atoms with Crippen molar-refractivity contribution in [3.05, 3.63) is 340 Å². The van der Waals surface area contributed by atoms with Gasteiger partial charge in [0, 0.05) is 90.4 Å². The Morgan fingerprint density at radius 2 is 0.179 bits per heavy atom. The molecule has 140 heavy (non-hydrogen) atoms. The van der Waals surface area contributed by atoms with Crippen LogP contribution >= 0.6 is 0 Å². The Balaban J connectivity index is 0.000000110. The third kappa shape index (κ3) is 17.8. The van der Waals surface area contributed by atoms with Gasteiger partial charge in [0.1, 0.15) is 0 Å². The van der Waals surface area contributed by atoms with Crippen molar-refractivity contribution in [1.29, 1.82) is 0 Å². The van der Waals surface area contributed by atoms with Gasteiger partial charge in [-0.15, -0.1) is 0 Å². The largest absolute Gasteiger partial charge is 2.00 e. The number of fused-ring (bicyclic) bond motifs is 56. The zero-order chi connectivity index (χ0) is 89.9. The predicted molar refractivity (Wildman–Crippen MR) is 525 cm³/mol. The maximum Gasteiger partial charge on any atom is 2.00 e. The quantitative estimate of drug-likeness (QED) is 0.127. The van der Waals surface area contributed by atoms with Crippen LogP contribution in [-0.2, 0) is 75.0 Å². The van der Waals surface area contributed by atoms with Crippen LogP contribution in [0.25, 0.3) is 267 Å². The Kier molecular flexibility index (Phi) is 24.4. The Hall–Kier alpha value is -17.6. The molecule has 0 saturated carbocycles. The van der Waals surface area contributed by atoms with Crippen molar-refractivity contribution in [3.63, 3.8) is 0 Å². The van der Waals surface area contributed by atoms with Crippen molar-refractivity contribution < 1.29 is 75.0 Å². The topological polar surface area (TPSA) is 422 Å². The molecule has 0 amide bonds. The first-order valence-electron chi connectivity index (χ1n) is 42.9. The van der Waals surface area contributed by atoms with E-state index in [0.717, 1.165) is 86.2 Å². The summed E-state index contributed by atoms with van der Waals surface area (Å²) in [5.41, 5.74) is 16.8. The molecule has 0 atom stereocenters. The molecule has 0 N–H and O–H groups in total. The van der Waals surface area contributed by atoms with E-state index in [0.29, 0.717) is 181 Å². The fraction of sp³-hybridized carbons (Fsp3) is 0. The summed E-state index contributed by atoms with van der Waals surface area (Å²) < 4.78 is 0. The van der Waals surface area contributed by atoms with E-state index in [-0.39, 0.29) is 75.0 Å². The fourth-order valence-electron chi connectivity index (χ4n) is 16.1. The van der Waals surface area contributed by atoms with E-state index < -0.39 is 0 Å². The molecule has 1 radical (unpaired) electrons. The molecular formula is C104H56CuN32NiPdPt. The minimum Gasteiger partial charge on any atom is -0.357 e. The predicted octanol–water partition coefficient (Wildman–Crippen LogP) is 18.3. The van der Waals surface area contributed by atoms with E-state index in [1.54, 1.807) is 0 Å². The van der Waals surface area contributed by atoms with Gasteiger partial charge >= 0.3 is 75.0 Å². The number of aromatic nitrogens is 32. The van der Waals surface area contributed by atoms with Gasteiger partial charge in [0.05, 0.1) is 90.4 Å². The number of benzene rings is 8. The molecule has 0 fully saturated rings. The summed E-state index contributed by atoms with van der Waals surface area (Å²) in [7, 11) is 0. The summed E-state index contributed by atoms with van der Waals surface area (Å²) >= 11 is 0. The number of pyridine rings is 8. The summed E-state index contributed by atoms with van der Waals surface area (Å²) in [5, 5.41) is 14.3. The first kappa shape index (κ1) is 89.0. The molecule has 32 bridgehead atoms. The summed E-state index contributed by atoms with van der Waals surface area (Å²) in [6, 6.07) is 107. The second kappa shape index (κ2) is 38.3. The Morgan fingerprint density at radius 3 is 0.250 bits per heavy atom. The van der Waals surface area contributed by atoms with Gasteiger partial charge in [-0.25, -0.2) is 39.9 Å². The smallest absolute Gasteiger partial charge is 0.357 e. The SMILES string of the molecule is [Cu+2].[Ni+2].[Pd+2].[Pt+2].c1cc2nc(c1)nc1[n-]c(nc3cccc(n3)nc3[n-]c(n2)c2ccccc32)c2ccccc12.c1cc2nc(c1)nc1[n-]c(nc3cccc(n3)nc3[n-]c(n2)c2ccccc32)c2ccccc12.c1cc2nc(c1)nc1[n-]c(nc3cccc(n3)nc3[n-]c(n2)c2ccccc32)c2ccccc12.c1cc2nc(c1)nc1[n-]c(nc3cccc(n3)nc3[n-]c(n2)c2ccccc32)c2ccccc12. The average Bonchev–Trinajstić information content (AvgIpc) is 1.68. The normalized spacial score (nSPS) is 11.2. The van der Waals surface area contributed by atoms with Crippen molar-refractivity contribution in [1.82, 2.24) is 159 Å². The molecule has 36 heteroatoms. The minimum absolute atomic E-state index is 0. The number of rotatable bonds is 0. The van der Waals surface area contributed by atoms with Crippen LogP contribution in [0, 0.1) is 0 Å². The van der Waals surface area contributed by atoms with Crippen LogP contribution in [0.1, 0.15) is 0 Å². The van der Waals surface area contributed by atoms with Gasteiger partial charge in [0.15, 0.2) is 0 Å². The number of hydrogen-bond donors (Lipinski definition) is 0. The molecular weight excluding hydrogens is 2120 g/mol. The van der Waals surface area contributed by atoms with Crippen molar-refractivity contribution in [2.45, 2.75) is 0 Å². The number of nitrogens with zero attached hydrogens (tertiary/aromatic N) is 32. The van der Waals surface area contributed by atoms with E-state index in [4.69, 9.17) is 120 Å². The van der Waals surface area contributed by atoms with Gasteiger partial charge < -0.3 is 120 Å². The van der Waals surface area contributed by atoms with Crippen LogP contribution in [0.5, 0.6) is 0 Å². The minimum atomic E-state index is 0. The molecule has 32 nitrogen and oxygen atoms in total. The van der Waals surface area contributed by atoms with Crippen molar-refractivity contribution in [3.8, 4) is 0 Å². The van der Waals surface area contributed by atoms with Crippen LogP contribution in [0.3, 0.4) is 0 Å². The van der Waals surface area contributed by atoms with Gasteiger partial charge in [-0.1, -0.05) is 243 Å². The Labute approximate surface area is 834 Å². The summed E-state index contributed by atoms with van der Waals surface area (Å²) in [4.78, 5) is 150. The number of hydrogen-bond acceptors (Lipinski definition) is 24. The van der Waals surface area contributed by atoms with Crippen molar-refractivity contribution >= 4 is 267 Å². The first-order chi connectivity index (χ1) is 67.2. The molecule has 0 unspecified atom stereocenters. The van der Waals surface area contributed by atoms with Crippen LogP contribution in [-0.4, -0.2) is 120 Å². The third-order valence-electron chi connectivity index (χ3n) is 22.3. The van der Waals surface area contributed by atoms with Gasteiger partial charge in [0.25, 0.3) is 0 Å². The molecule has 0 saturated heterocycles. The van der Waals surface area contributed by atoms with Crippen LogP contribution in [0.4, 0.5) is 0 Å². The molecule has 0 aliphatic rings. The van der Waals surface area contributed by atoms with E-state index in [2.05, 4.69) is 39.9 Å². The van der Waals surface area contributed by atoms with E-state index in [1.165, 1.54) is 0 Å². The Bertz CT molecular complexity index is 8040. The van der Waals surface area contributed by atoms with Gasteiger partial charge in [0.2, 0.25) is 0 Å². The zero-order valence-electron chi connectivity index (χ0n) is 71.9. The standard InChI is InChI=1S/4C26H14N8.Cu.Ni.Pd.Pt/c4*1-2-8-16-15(7-1)23-29-19-11-5-13-21(27-19)31-25-17-9-3-4-10-18(17)26(34-25)32-22-14-6-12-20(28-22)30-24(16)33-23;;;;/h4*1-14H;;;;/q4*-2;4*+2. The van der Waals surface area contributed by atoms with Gasteiger partial charge in [-0.3, -0.25) is 0 Å². The fourth-order valence-corrected chi connectivity index (χ4v) is 16.1. The molecule has 28 aromatic rings. The molecule has 8 aromatic carbocycles. The molecule has 20 aromatic heterocycles. The second-order valence-electron chi connectivity index (χ2n) is 31.1. The van der Waals surface area contributed by atoms with E-state index >= 15 is 0 Å². The summed E-state index contributed by atoms with van der Waals surface area (Å²) in [5.74, 6) is 0. The molecule has 0 aliphatic carbocycles. The second-order valence-corrected chi connectivity index (χ2v) is 31.1. The van der Waals surface area contributed by atoms with Crippen molar-refractivity contribution in [2.24, 2.45) is 0 Å². The summed E-state index contributed by atoms with van der Waals surface area (Å²) in [6.07, 6.45) is 0. The molecule has 28 rings (SSSR count). The first-order valence-corrected chi connectivity index (χ1v) is 42.9. The molecule has 0 aliphatic heterocycles. The zero-order valence-corrected chi connectivity index (χ0v) is 77.6.